The summed E-state index contributed by atoms with van der Waals surface area (Å²) in [6.07, 6.45) is 4.04. The number of nitrogens with zero attached hydrogens (tertiary/aromatic N) is 3. The second kappa shape index (κ2) is 11.2. The number of nitrogens with one attached hydrogen (secondary N) is 1. The molecule has 174 valence electrons. The lowest BCUT2D eigenvalue weighted by Gasteiger charge is -2.26. The highest BCUT2D eigenvalue weighted by Crippen LogP contribution is 2.26. The van der Waals surface area contributed by atoms with Crippen LogP contribution in [0.1, 0.15) is 49.4 Å². The van der Waals surface area contributed by atoms with E-state index in [4.69, 9.17) is 9.72 Å². The molecule has 0 atom stereocenters. The summed E-state index contributed by atoms with van der Waals surface area (Å²) in [4.78, 5) is 11.7. The second-order valence-corrected chi connectivity index (χ2v) is 9.14. The van der Waals surface area contributed by atoms with Crippen molar-refractivity contribution in [3.63, 3.8) is 0 Å². The first-order valence-corrected chi connectivity index (χ1v) is 11.8. The maximum atomic E-state index is 13.4. The smallest absolute Gasteiger partial charge is 0.226 e. The molecular weight excluding hydrogens is 415 g/mol. The van der Waals surface area contributed by atoms with E-state index in [2.05, 4.69) is 41.2 Å². The van der Waals surface area contributed by atoms with Gasteiger partial charge in [0, 0.05) is 30.9 Å². The highest BCUT2D eigenvalue weighted by molar-refractivity contribution is 5.37. The molecule has 5 nitrogen and oxygen atoms in total. The van der Waals surface area contributed by atoms with Gasteiger partial charge in [0.2, 0.25) is 5.95 Å². The molecule has 3 aromatic rings. The van der Waals surface area contributed by atoms with Gasteiger partial charge in [-0.3, -0.25) is 0 Å². The summed E-state index contributed by atoms with van der Waals surface area (Å²) in [6, 6.07) is 16.9. The van der Waals surface area contributed by atoms with Gasteiger partial charge in [-0.1, -0.05) is 38.1 Å². The summed E-state index contributed by atoms with van der Waals surface area (Å²) < 4.78 is 19.3. The molecule has 2 aromatic carbocycles. The van der Waals surface area contributed by atoms with Gasteiger partial charge in [-0.2, -0.15) is 0 Å². The SMILES string of the molecule is CC(C)COc1ccc(CN(Cc2ccc(F)cc2)c2nccc(C3CCNCC3)n2)cc1. The Morgan fingerprint density at radius 2 is 1.61 bits per heavy atom. The minimum absolute atomic E-state index is 0.230. The molecule has 1 aliphatic rings. The number of benzene rings is 2. The number of hydrogen-bond acceptors (Lipinski definition) is 5. The number of piperidine rings is 1. The Hall–Kier alpha value is -2.99. The molecule has 33 heavy (non-hydrogen) atoms. The Kier molecular flexibility index (Phi) is 7.89. The number of halogens is 1. The van der Waals surface area contributed by atoms with E-state index in [1.807, 2.05) is 36.5 Å². The van der Waals surface area contributed by atoms with Gasteiger partial charge >= 0.3 is 0 Å². The Balaban J connectivity index is 1.55. The van der Waals surface area contributed by atoms with Crippen molar-refractivity contribution < 1.29 is 9.13 Å². The van der Waals surface area contributed by atoms with E-state index in [-0.39, 0.29) is 5.82 Å². The standard InChI is InChI=1S/C27H33FN4O/c1-20(2)19-33-25-9-5-22(6-10-25)18-32(17-21-3-7-24(28)8-4-21)27-30-16-13-26(31-27)23-11-14-29-15-12-23/h3-10,13,16,20,23,29H,11-12,14-15,17-19H2,1-2H3. The Bertz CT molecular complexity index is 1000. The average molecular weight is 449 g/mol. The third-order valence-electron chi connectivity index (χ3n) is 5.87. The summed E-state index contributed by atoms with van der Waals surface area (Å²) in [7, 11) is 0. The topological polar surface area (TPSA) is 50.3 Å². The highest BCUT2D eigenvalue weighted by atomic mass is 19.1. The first-order valence-electron chi connectivity index (χ1n) is 11.8. The Morgan fingerprint density at radius 1 is 0.970 bits per heavy atom. The van der Waals surface area contributed by atoms with Crippen molar-refractivity contribution in [1.82, 2.24) is 15.3 Å². The molecular formula is C27H33FN4O. The summed E-state index contributed by atoms with van der Waals surface area (Å²) in [5.41, 5.74) is 3.26. The largest absolute Gasteiger partial charge is 0.493 e. The van der Waals surface area contributed by atoms with E-state index in [0.717, 1.165) is 48.5 Å². The average Bonchev–Trinajstić information content (AvgIpc) is 2.85. The molecule has 1 aromatic heterocycles. The molecule has 1 aliphatic heterocycles. The summed E-state index contributed by atoms with van der Waals surface area (Å²) in [6.45, 7) is 8.27. The molecule has 0 bridgehead atoms. The van der Waals surface area contributed by atoms with E-state index in [9.17, 15) is 4.39 Å². The molecule has 1 N–H and O–H groups in total. The minimum atomic E-state index is -0.230. The quantitative estimate of drug-likeness (QED) is 0.480. The molecule has 1 saturated heterocycles. The number of anilines is 1. The van der Waals surface area contributed by atoms with Crippen LogP contribution in [0.15, 0.2) is 60.8 Å². The number of ether oxygens (including phenoxy) is 1. The lowest BCUT2D eigenvalue weighted by molar-refractivity contribution is 0.271. The van der Waals surface area contributed by atoms with E-state index >= 15 is 0 Å². The van der Waals surface area contributed by atoms with Crippen LogP contribution in [0.3, 0.4) is 0 Å². The van der Waals surface area contributed by atoms with Crippen LogP contribution >= 0.6 is 0 Å². The van der Waals surface area contributed by atoms with Crippen molar-refractivity contribution in [3.05, 3.63) is 83.4 Å². The summed E-state index contributed by atoms with van der Waals surface area (Å²) >= 11 is 0. The van der Waals surface area contributed by atoms with Crippen LogP contribution in [0, 0.1) is 11.7 Å². The third kappa shape index (κ3) is 6.75. The predicted molar refractivity (Wildman–Crippen MR) is 130 cm³/mol. The first kappa shape index (κ1) is 23.2. The van der Waals surface area contributed by atoms with Crippen molar-refractivity contribution in [2.75, 3.05) is 24.6 Å². The molecule has 0 amide bonds. The maximum Gasteiger partial charge on any atom is 0.226 e. The zero-order chi connectivity index (χ0) is 23.0. The second-order valence-electron chi connectivity index (χ2n) is 9.14. The third-order valence-corrected chi connectivity index (χ3v) is 5.87. The number of aromatic nitrogens is 2. The first-order chi connectivity index (χ1) is 16.1. The van der Waals surface area contributed by atoms with Crippen molar-refractivity contribution in [2.45, 2.75) is 45.7 Å². The fourth-order valence-electron chi connectivity index (χ4n) is 4.04. The normalized spacial score (nSPS) is 14.4. The predicted octanol–water partition coefficient (Wildman–Crippen LogP) is 5.32. The van der Waals surface area contributed by atoms with Crippen molar-refractivity contribution in [3.8, 4) is 5.75 Å². The van der Waals surface area contributed by atoms with Crippen LogP contribution in [0.4, 0.5) is 10.3 Å². The lowest BCUT2D eigenvalue weighted by atomic mass is 9.94. The lowest BCUT2D eigenvalue weighted by Crippen LogP contribution is -2.28. The Morgan fingerprint density at radius 3 is 2.24 bits per heavy atom. The van der Waals surface area contributed by atoms with Gasteiger partial charge in [0.1, 0.15) is 11.6 Å². The molecule has 2 heterocycles. The molecule has 0 radical (unpaired) electrons. The van der Waals surface area contributed by atoms with Crippen molar-refractivity contribution >= 4 is 5.95 Å². The van der Waals surface area contributed by atoms with E-state index in [1.54, 1.807) is 0 Å². The molecule has 0 spiro atoms. The Labute approximate surface area is 196 Å². The summed E-state index contributed by atoms with van der Waals surface area (Å²) in [5, 5.41) is 3.42. The molecule has 0 aliphatic carbocycles. The van der Waals surface area contributed by atoms with Crippen LogP contribution < -0.4 is 15.0 Å². The van der Waals surface area contributed by atoms with Gasteiger partial charge < -0.3 is 15.0 Å². The number of hydrogen-bond donors (Lipinski definition) is 1. The molecule has 0 unspecified atom stereocenters. The number of rotatable bonds is 9. The van der Waals surface area contributed by atoms with Crippen molar-refractivity contribution in [2.24, 2.45) is 5.92 Å². The fourth-order valence-corrected chi connectivity index (χ4v) is 4.04. The van der Waals surface area contributed by atoms with Crippen LogP contribution in [-0.4, -0.2) is 29.7 Å². The minimum Gasteiger partial charge on any atom is -0.493 e. The van der Waals surface area contributed by atoms with Crippen LogP contribution in [0.5, 0.6) is 5.75 Å². The van der Waals surface area contributed by atoms with Gasteiger partial charge in [0.25, 0.3) is 0 Å². The van der Waals surface area contributed by atoms with Gasteiger partial charge in [0.05, 0.1) is 6.61 Å². The van der Waals surface area contributed by atoms with Crippen LogP contribution in [-0.2, 0) is 13.1 Å². The van der Waals surface area contributed by atoms with E-state index < -0.39 is 0 Å². The molecule has 6 heteroatoms. The van der Waals surface area contributed by atoms with Gasteiger partial charge in [0.15, 0.2) is 0 Å². The van der Waals surface area contributed by atoms with Crippen LogP contribution in [0.2, 0.25) is 0 Å². The van der Waals surface area contributed by atoms with Crippen molar-refractivity contribution in [1.29, 1.82) is 0 Å². The zero-order valence-electron chi connectivity index (χ0n) is 19.5. The van der Waals surface area contributed by atoms with Crippen LogP contribution in [0.25, 0.3) is 0 Å². The maximum absolute atomic E-state index is 13.4. The van der Waals surface area contributed by atoms with Gasteiger partial charge in [-0.15, -0.1) is 0 Å². The van der Waals surface area contributed by atoms with E-state index in [1.165, 1.54) is 12.1 Å². The fraction of sp³-hybridized carbons (Fsp3) is 0.407. The molecule has 4 rings (SSSR count). The van der Waals surface area contributed by atoms with Gasteiger partial charge in [-0.05, 0) is 73.3 Å². The summed E-state index contributed by atoms with van der Waals surface area (Å²) in [5.74, 6) is 2.29. The van der Waals surface area contributed by atoms with E-state index in [0.29, 0.717) is 37.5 Å². The molecule has 1 fully saturated rings. The van der Waals surface area contributed by atoms with Gasteiger partial charge in [-0.25, -0.2) is 14.4 Å². The highest BCUT2D eigenvalue weighted by Gasteiger charge is 2.19. The molecule has 0 saturated carbocycles. The zero-order valence-corrected chi connectivity index (χ0v) is 19.5. The monoisotopic (exact) mass is 448 g/mol.